The van der Waals surface area contributed by atoms with Gasteiger partial charge in [-0.05, 0) is 77.0 Å². The Hall–Kier alpha value is -1.99. The number of rotatable bonds is 40. The molecule has 0 aromatic heterocycles. The lowest BCUT2D eigenvalue weighted by Gasteiger charge is -2.19. The van der Waals surface area contributed by atoms with Gasteiger partial charge in [0.05, 0.1) is 6.61 Å². The molecule has 9 heteroatoms. The van der Waals surface area contributed by atoms with E-state index in [1.165, 1.54) is 77.0 Å². The van der Waals surface area contributed by atoms with E-state index in [0.717, 1.165) is 97.0 Å². The van der Waals surface area contributed by atoms with E-state index in [9.17, 15) is 19.0 Å². The Morgan fingerprint density at radius 3 is 1.37 bits per heavy atom. The average molecular weight is 781 g/mol. The van der Waals surface area contributed by atoms with Crippen molar-refractivity contribution in [2.75, 3.05) is 20.3 Å². The second-order valence-corrected chi connectivity index (χ2v) is 16.0. The Kier molecular flexibility index (Phi) is 39.2. The van der Waals surface area contributed by atoms with Gasteiger partial charge in [-0.3, -0.25) is 18.6 Å². The van der Waals surface area contributed by atoms with Crippen molar-refractivity contribution < 1.29 is 37.6 Å². The molecule has 0 rings (SSSR count). The number of hydrogen-bond acceptors (Lipinski definition) is 7. The molecule has 8 nitrogen and oxygen atoms in total. The van der Waals surface area contributed by atoms with Crippen LogP contribution >= 0.6 is 7.82 Å². The summed E-state index contributed by atoms with van der Waals surface area (Å²) in [7, 11) is -3.21. The highest BCUT2D eigenvalue weighted by atomic mass is 31.2. The Labute approximate surface area is 331 Å². The van der Waals surface area contributed by atoms with Crippen LogP contribution in [0.25, 0.3) is 0 Å². The summed E-state index contributed by atoms with van der Waals surface area (Å²) < 4.78 is 32.0. The van der Waals surface area contributed by atoms with Crippen molar-refractivity contribution >= 4 is 19.8 Å². The Balaban J connectivity index is 4.04. The predicted molar refractivity (Wildman–Crippen MR) is 225 cm³/mol. The van der Waals surface area contributed by atoms with Gasteiger partial charge in [0.1, 0.15) is 6.61 Å². The quantitative estimate of drug-likeness (QED) is 0.0283. The fraction of sp³-hybridized carbons (Fsp3) is 0.778. The molecule has 0 saturated carbocycles. The van der Waals surface area contributed by atoms with E-state index >= 15 is 0 Å². The number of phosphoric ester groups is 1. The second-order valence-electron chi connectivity index (χ2n) is 14.5. The van der Waals surface area contributed by atoms with Gasteiger partial charge in [0.2, 0.25) is 0 Å². The van der Waals surface area contributed by atoms with Gasteiger partial charge in [-0.2, -0.15) is 0 Å². The summed E-state index contributed by atoms with van der Waals surface area (Å²) in [4.78, 5) is 34.5. The number of unbranched alkanes of at least 4 members (excludes halogenated alkanes) is 21. The molecule has 0 aromatic rings. The first-order valence-electron chi connectivity index (χ1n) is 21.8. The number of esters is 2. The summed E-state index contributed by atoms with van der Waals surface area (Å²) in [6.07, 6.45) is 48.7. The predicted octanol–water partition coefficient (Wildman–Crippen LogP) is 13.8. The summed E-state index contributed by atoms with van der Waals surface area (Å²) in [5, 5.41) is 0. The summed E-state index contributed by atoms with van der Waals surface area (Å²) >= 11 is 0. The molecule has 0 aliphatic carbocycles. The largest absolute Gasteiger partial charge is 0.472 e. The number of hydrogen-bond donors (Lipinski definition) is 1. The molecular weight excluding hydrogens is 699 g/mol. The molecule has 1 N–H and O–H groups in total. The molecule has 0 bridgehead atoms. The first kappa shape index (κ1) is 52.0. The summed E-state index contributed by atoms with van der Waals surface area (Å²) in [5.74, 6) is -0.827. The van der Waals surface area contributed by atoms with Crippen LogP contribution in [0, 0.1) is 0 Å². The fourth-order valence-electron chi connectivity index (χ4n) is 5.89. The maximum absolute atomic E-state index is 12.5. The number of carbonyl (C=O) groups is 2. The van der Waals surface area contributed by atoms with Gasteiger partial charge in [0.25, 0.3) is 0 Å². The summed E-state index contributed by atoms with van der Waals surface area (Å²) in [5.41, 5.74) is 0. The molecule has 0 aliphatic heterocycles. The van der Waals surface area contributed by atoms with E-state index in [2.05, 4.69) is 67.0 Å². The zero-order valence-electron chi connectivity index (χ0n) is 34.9. The minimum Gasteiger partial charge on any atom is -0.462 e. The summed E-state index contributed by atoms with van der Waals surface area (Å²) in [6.45, 7) is 3.84. The monoisotopic (exact) mass is 781 g/mol. The highest BCUT2D eigenvalue weighted by Crippen LogP contribution is 2.42. The third kappa shape index (κ3) is 39.7. The molecule has 0 fully saturated rings. The SMILES string of the molecule is CCCCC/C=C\C/C=C\C/C=C\CCCCCCCCC(=O)OC(COC(=O)CCCCCCC/C=C\CCCCCCCCC)COP(=O)(O)OC. The molecule has 0 amide bonds. The van der Waals surface area contributed by atoms with Gasteiger partial charge >= 0.3 is 19.8 Å². The van der Waals surface area contributed by atoms with Crippen LogP contribution < -0.4 is 0 Å². The second kappa shape index (κ2) is 40.7. The molecule has 54 heavy (non-hydrogen) atoms. The van der Waals surface area contributed by atoms with Crippen molar-refractivity contribution in [3.63, 3.8) is 0 Å². The van der Waals surface area contributed by atoms with Crippen LogP contribution in [0.1, 0.15) is 200 Å². The highest BCUT2D eigenvalue weighted by molar-refractivity contribution is 7.47. The molecule has 0 saturated heterocycles. The van der Waals surface area contributed by atoms with Gasteiger partial charge in [0.15, 0.2) is 6.10 Å². The van der Waals surface area contributed by atoms with Crippen LogP contribution in [0.2, 0.25) is 0 Å². The average Bonchev–Trinajstić information content (AvgIpc) is 3.16. The maximum Gasteiger partial charge on any atom is 0.472 e. The minimum absolute atomic E-state index is 0.228. The van der Waals surface area contributed by atoms with Crippen molar-refractivity contribution in [1.82, 2.24) is 0 Å². The van der Waals surface area contributed by atoms with Gasteiger partial charge in [-0.15, -0.1) is 0 Å². The summed E-state index contributed by atoms with van der Waals surface area (Å²) in [6, 6.07) is 0. The van der Waals surface area contributed by atoms with E-state index in [-0.39, 0.29) is 25.4 Å². The maximum atomic E-state index is 12.5. The Morgan fingerprint density at radius 1 is 0.519 bits per heavy atom. The molecule has 314 valence electrons. The number of carbonyl (C=O) groups excluding carboxylic acids is 2. The van der Waals surface area contributed by atoms with Crippen LogP contribution in [-0.2, 0) is 32.7 Å². The first-order valence-corrected chi connectivity index (χ1v) is 23.3. The third-order valence-electron chi connectivity index (χ3n) is 9.30. The molecular formula is C45H81O8P. The van der Waals surface area contributed by atoms with Gasteiger partial charge < -0.3 is 14.4 Å². The van der Waals surface area contributed by atoms with Crippen LogP contribution in [0.5, 0.6) is 0 Å². The van der Waals surface area contributed by atoms with E-state index in [1.807, 2.05) is 0 Å². The molecule has 0 heterocycles. The zero-order valence-corrected chi connectivity index (χ0v) is 35.8. The van der Waals surface area contributed by atoms with Crippen LogP contribution in [0.3, 0.4) is 0 Å². The van der Waals surface area contributed by atoms with E-state index in [4.69, 9.17) is 14.0 Å². The Morgan fingerprint density at radius 2 is 0.889 bits per heavy atom. The molecule has 0 aromatic carbocycles. The normalized spacial score (nSPS) is 13.8. The lowest BCUT2D eigenvalue weighted by atomic mass is 10.1. The van der Waals surface area contributed by atoms with Gasteiger partial charge in [-0.1, -0.05) is 159 Å². The molecule has 0 aliphatic rings. The standard InChI is InChI=1S/C45H81O8P/c1-4-6-8-10-12-14-16-18-20-22-23-24-26-28-30-32-34-36-38-40-45(47)53-43(42-52-54(48,49)50-3)41-51-44(46)39-37-35-33-31-29-27-25-21-19-17-15-13-11-9-7-5-2/h12,14,18,20-21,23-25,43H,4-11,13,15-17,19,22,26-42H2,1-3H3,(H,48,49)/b14-12-,20-18-,24-23-,25-21-. The van der Waals surface area contributed by atoms with Crippen molar-refractivity contribution in [3.8, 4) is 0 Å². The van der Waals surface area contributed by atoms with E-state index in [1.54, 1.807) is 0 Å². The van der Waals surface area contributed by atoms with Crippen molar-refractivity contribution in [3.05, 3.63) is 48.6 Å². The van der Waals surface area contributed by atoms with Crippen LogP contribution in [0.4, 0.5) is 0 Å². The van der Waals surface area contributed by atoms with Crippen molar-refractivity contribution in [2.24, 2.45) is 0 Å². The van der Waals surface area contributed by atoms with Crippen molar-refractivity contribution in [2.45, 2.75) is 206 Å². The highest BCUT2D eigenvalue weighted by Gasteiger charge is 2.24. The van der Waals surface area contributed by atoms with Gasteiger partial charge in [-0.25, -0.2) is 4.57 Å². The minimum atomic E-state index is -4.27. The molecule has 0 radical (unpaired) electrons. The van der Waals surface area contributed by atoms with Crippen LogP contribution in [0.15, 0.2) is 48.6 Å². The molecule has 2 atom stereocenters. The lowest BCUT2D eigenvalue weighted by molar-refractivity contribution is -0.161. The smallest absolute Gasteiger partial charge is 0.462 e. The molecule has 0 spiro atoms. The fourth-order valence-corrected chi connectivity index (χ4v) is 6.35. The number of allylic oxidation sites excluding steroid dienone is 8. The zero-order chi connectivity index (χ0) is 39.6. The van der Waals surface area contributed by atoms with Gasteiger partial charge in [0, 0.05) is 20.0 Å². The number of phosphoric acid groups is 1. The lowest BCUT2D eigenvalue weighted by Crippen LogP contribution is -2.29. The van der Waals surface area contributed by atoms with Crippen molar-refractivity contribution in [1.29, 1.82) is 0 Å². The first-order chi connectivity index (χ1) is 26.3. The number of ether oxygens (including phenoxy) is 2. The topological polar surface area (TPSA) is 108 Å². The third-order valence-corrected chi connectivity index (χ3v) is 10.2. The molecule has 2 unspecified atom stereocenters. The van der Waals surface area contributed by atoms with E-state index in [0.29, 0.717) is 6.42 Å². The van der Waals surface area contributed by atoms with Crippen LogP contribution in [-0.4, -0.2) is 43.3 Å². The van der Waals surface area contributed by atoms with E-state index < -0.39 is 26.5 Å². The Bertz CT molecular complexity index is 1020.